The summed E-state index contributed by atoms with van der Waals surface area (Å²) in [5.74, 6) is 1.36. The summed E-state index contributed by atoms with van der Waals surface area (Å²) in [6.07, 6.45) is 11.6. The first kappa shape index (κ1) is 19.4. The summed E-state index contributed by atoms with van der Waals surface area (Å²) < 4.78 is 18.0. The number of methoxy groups -OCH3 is 1. The van der Waals surface area contributed by atoms with Crippen LogP contribution < -0.4 is 9.47 Å². The van der Waals surface area contributed by atoms with E-state index in [-0.39, 0.29) is 23.6 Å². The van der Waals surface area contributed by atoms with Crippen molar-refractivity contribution in [2.45, 2.75) is 56.3 Å². The average Bonchev–Trinajstić information content (AvgIpc) is 3.08. The van der Waals surface area contributed by atoms with Crippen molar-refractivity contribution in [1.29, 1.82) is 0 Å². The van der Waals surface area contributed by atoms with Crippen LogP contribution in [0.15, 0.2) is 41.1 Å². The number of ether oxygens (including phenoxy) is 3. The van der Waals surface area contributed by atoms with Gasteiger partial charge in [-0.25, -0.2) is 4.79 Å². The molecule has 0 fully saturated rings. The van der Waals surface area contributed by atoms with Crippen LogP contribution in [0, 0.1) is 0 Å². The minimum atomic E-state index is -0.295. The van der Waals surface area contributed by atoms with Crippen molar-refractivity contribution in [1.82, 2.24) is 4.90 Å². The molecule has 0 saturated heterocycles. The van der Waals surface area contributed by atoms with Gasteiger partial charge in [0.1, 0.15) is 12.2 Å². The number of carbonyl (C=O) groups is 1. The molecule has 158 valence electrons. The smallest absolute Gasteiger partial charge is 0.336 e. The Labute approximate surface area is 177 Å². The molecule has 3 atom stereocenters. The van der Waals surface area contributed by atoms with E-state index in [1.807, 2.05) is 12.3 Å². The molecule has 0 amide bonds. The zero-order chi connectivity index (χ0) is 20.7. The Balaban J connectivity index is 1.47. The van der Waals surface area contributed by atoms with Crippen molar-refractivity contribution in [3.8, 4) is 11.5 Å². The van der Waals surface area contributed by atoms with E-state index in [9.17, 15) is 4.79 Å². The first-order valence-corrected chi connectivity index (χ1v) is 10.8. The minimum Gasteiger partial charge on any atom is -0.493 e. The highest BCUT2D eigenvalue weighted by atomic mass is 16.6. The number of hydrogen-bond acceptors (Lipinski definition) is 6. The Hall–Kier alpha value is -2.60. The molecule has 0 unspecified atom stereocenters. The van der Waals surface area contributed by atoms with Crippen molar-refractivity contribution < 1.29 is 19.0 Å². The quantitative estimate of drug-likeness (QED) is 0.566. The second-order valence-electron chi connectivity index (χ2n) is 8.68. The van der Waals surface area contributed by atoms with Gasteiger partial charge in [-0.2, -0.15) is 0 Å². The van der Waals surface area contributed by atoms with Gasteiger partial charge in [0.15, 0.2) is 11.5 Å². The maximum atomic E-state index is 12.6. The van der Waals surface area contributed by atoms with Gasteiger partial charge < -0.3 is 19.1 Å². The van der Waals surface area contributed by atoms with Crippen LogP contribution in [0.5, 0.6) is 11.5 Å². The summed E-state index contributed by atoms with van der Waals surface area (Å²) >= 11 is 0. The topological polar surface area (TPSA) is 60.4 Å². The lowest BCUT2D eigenvalue weighted by molar-refractivity contribution is -0.143. The zero-order valence-electron chi connectivity index (χ0n) is 17.6. The lowest BCUT2D eigenvalue weighted by Gasteiger charge is -2.39. The number of esters is 1. The molecule has 1 aromatic carbocycles. The lowest BCUT2D eigenvalue weighted by Crippen LogP contribution is -2.44. The SMILES string of the molecule is COc1ccc2c3c1O[C@H]1C[C@@H](OC(=O)C4=CN=CCC4)C=C[C@@]31CCCN(C)C2. The summed E-state index contributed by atoms with van der Waals surface area (Å²) in [7, 11) is 3.85. The maximum absolute atomic E-state index is 12.6. The van der Waals surface area contributed by atoms with Gasteiger partial charge in [0.05, 0.1) is 18.1 Å². The Morgan fingerprint density at radius 1 is 1.37 bits per heavy atom. The molecule has 0 radical (unpaired) electrons. The molecular formula is C24H28N2O4. The number of aliphatic imine (C=N–C) groups is 1. The van der Waals surface area contributed by atoms with E-state index in [0.717, 1.165) is 43.9 Å². The van der Waals surface area contributed by atoms with Crippen LogP contribution in [0.2, 0.25) is 0 Å². The van der Waals surface area contributed by atoms with Crippen molar-refractivity contribution >= 4 is 12.2 Å². The Morgan fingerprint density at radius 3 is 3.07 bits per heavy atom. The van der Waals surface area contributed by atoms with E-state index >= 15 is 0 Å². The molecular weight excluding hydrogens is 380 g/mol. The first-order valence-electron chi connectivity index (χ1n) is 10.8. The van der Waals surface area contributed by atoms with Gasteiger partial charge in [0.25, 0.3) is 0 Å². The van der Waals surface area contributed by atoms with Gasteiger partial charge in [-0.3, -0.25) is 4.99 Å². The van der Waals surface area contributed by atoms with Crippen molar-refractivity contribution in [3.63, 3.8) is 0 Å². The number of benzene rings is 1. The maximum Gasteiger partial charge on any atom is 0.336 e. The molecule has 0 aromatic heterocycles. The molecule has 0 bridgehead atoms. The van der Waals surface area contributed by atoms with E-state index in [4.69, 9.17) is 14.2 Å². The van der Waals surface area contributed by atoms with Crippen LogP contribution in [0.3, 0.4) is 0 Å². The minimum absolute atomic E-state index is 0.0629. The van der Waals surface area contributed by atoms with Gasteiger partial charge in [-0.05, 0) is 57.0 Å². The second-order valence-corrected chi connectivity index (χ2v) is 8.68. The third-order valence-electron chi connectivity index (χ3n) is 6.75. The predicted octanol–water partition coefficient (Wildman–Crippen LogP) is 3.54. The molecule has 1 spiro atoms. The van der Waals surface area contributed by atoms with E-state index in [1.165, 1.54) is 11.1 Å². The Morgan fingerprint density at radius 2 is 2.27 bits per heavy atom. The Kier molecular flexibility index (Phi) is 4.89. The lowest BCUT2D eigenvalue weighted by atomic mass is 9.67. The number of rotatable bonds is 3. The molecule has 1 aromatic rings. The number of nitrogens with zero attached hydrogens (tertiary/aromatic N) is 2. The van der Waals surface area contributed by atoms with E-state index in [2.05, 4.69) is 35.2 Å². The fourth-order valence-electron chi connectivity index (χ4n) is 5.29. The molecule has 3 aliphatic heterocycles. The molecule has 0 N–H and O–H groups in total. The molecule has 3 heterocycles. The van der Waals surface area contributed by atoms with E-state index in [0.29, 0.717) is 18.4 Å². The summed E-state index contributed by atoms with van der Waals surface area (Å²) in [5.41, 5.74) is 3.00. The largest absolute Gasteiger partial charge is 0.493 e. The fraction of sp³-hybridized carbons (Fsp3) is 0.500. The molecule has 6 heteroatoms. The highest BCUT2D eigenvalue weighted by molar-refractivity contribution is 5.90. The zero-order valence-corrected chi connectivity index (χ0v) is 17.6. The van der Waals surface area contributed by atoms with Crippen molar-refractivity contribution in [2.75, 3.05) is 20.7 Å². The van der Waals surface area contributed by atoms with Crippen LogP contribution in [0.4, 0.5) is 0 Å². The average molecular weight is 408 g/mol. The first-order chi connectivity index (χ1) is 14.6. The monoisotopic (exact) mass is 408 g/mol. The standard InChI is InChI=1S/C24H28N2O4/c1-26-12-4-9-24-10-8-18(29-23(27)16-5-3-11-25-14-16)13-20(24)30-22-19(28-2)7-6-17(15-26)21(22)24/h6-8,10-11,14,18,20H,3-5,9,12-13,15H2,1-2H3/t18-,20-,24+/m0/s1. The molecule has 0 saturated carbocycles. The molecule has 30 heavy (non-hydrogen) atoms. The Bertz CT molecular complexity index is 951. The summed E-state index contributed by atoms with van der Waals surface area (Å²) in [6.45, 7) is 1.95. The predicted molar refractivity (Wildman–Crippen MR) is 114 cm³/mol. The highest BCUT2D eigenvalue weighted by Crippen LogP contribution is 2.55. The third-order valence-corrected chi connectivity index (χ3v) is 6.75. The van der Waals surface area contributed by atoms with Crippen LogP contribution in [-0.2, 0) is 21.5 Å². The van der Waals surface area contributed by atoms with Gasteiger partial charge in [-0.1, -0.05) is 12.1 Å². The van der Waals surface area contributed by atoms with Crippen molar-refractivity contribution in [3.05, 3.63) is 47.2 Å². The fourth-order valence-corrected chi connectivity index (χ4v) is 5.29. The third kappa shape index (κ3) is 3.14. The molecule has 5 rings (SSSR count). The van der Waals surface area contributed by atoms with E-state index in [1.54, 1.807) is 13.3 Å². The van der Waals surface area contributed by atoms with Crippen LogP contribution in [-0.4, -0.2) is 50.0 Å². The molecule has 6 nitrogen and oxygen atoms in total. The normalized spacial score (nSPS) is 29.7. The van der Waals surface area contributed by atoms with Gasteiger partial charge in [0.2, 0.25) is 0 Å². The second kappa shape index (κ2) is 7.58. The summed E-state index contributed by atoms with van der Waals surface area (Å²) in [4.78, 5) is 19.0. The number of carbonyl (C=O) groups excluding carboxylic acids is 1. The number of hydrogen-bond donors (Lipinski definition) is 0. The van der Waals surface area contributed by atoms with Crippen LogP contribution >= 0.6 is 0 Å². The highest BCUT2D eigenvalue weighted by Gasteiger charge is 2.52. The molecule has 1 aliphatic carbocycles. The molecule has 4 aliphatic rings. The van der Waals surface area contributed by atoms with E-state index < -0.39 is 0 Å². The van der Waals surface area contributed by atoms with Crippen molar-refractivity contribution in [2.24, 2.45) is 4.99 Å². The van der Waals surface area contributed by atoms with Crippen LogP contribution in [0.25, 0.3) is 0 Å². The van der Waals surface area contributed by atoms with Gasteiger partial charge in [-0.15, -0.1) is 0 Å². The van der Waals surface area contributed by atoms with Gasteiger partial charge in [0, 0.05) is 30.9 Å². The summed E-state index contributed by atoms with van der Waals surface area (Å²) in [5, 5.41) is 0. The van der Waals surface area contributed by atoms with Crippen LogP contribution in [0.1, 0.15) is 43.2 Å². The summed E-state index contributed by atoms with van der Waals surface area (Å²) in [6, 6.07) is 4.18. The van der Waals surface area contributed by atoms with Gasteiger partial charge >= 0.3 is 5.97 Å².